The molecule has 1 fully saturated rings. The predicted octanol–water partition coefficient (Wildman–Crippen LogP) is 1.40. The summed E-state index contributed by atoms with van der Waals surface area (Å²) in [4.78, 5) is 10.9. The number of hydrogen-bond acceptors (Lipinski definition) is 2. The fourth-order valence-corrected chi connectivity index (χ4v) is 1.45. The first-order valence-corrected chi connectivity index (χ1v) is 4.36. The Labute approximate surface area is 73.3 Å². The van der Waals surface area contributed by atoms with Gasteiger partial charge in [0.1, 0.15) is 12.4 Å². The van der Waals surface area contributed by atoms with E-state index >= 15 is 0 Å². The van der Waals surface area contributed by atoms with E-state index < -0.39 is 0 Å². The Morgan fingerprint density at radius 2 is 2.17 bits per heavy atom. The Morgan fingerprint density at radius 3 is 2.75 bits per heavy atom. The molecule has 0 atom stereocenters. The third-order valence-electron chi connectivity index (χ3n) is 2.20. The van der Waals surface area contributed by atoms with Gasteiger partial charge in [0.05, 0.1) is 6.61 Å². The molecule has 0 unspecified atom stereocenters. The molecule has 66 valence electrons. The molecule has 12 heavy (non-hydrogen) atoms. The summed E-state index contributed by atoms with van der Waals surface area (Å²) in [6.45, 7) is 1.11. The number of Topliss-reactive ketones (excluding diaryl/α,β-unsaturated/α-hetero) is 1. The first-order chi connectivity index (χ1) is 5.83. The second-order valence-electron chi connectivity index (χ2n) is 3.20. The minimum Gasteiger partial charge on any atom is -0.369 e. The Morgan fingerprint density at radius 1 is 1.50 bits per heavy atom. The van der Waals surface area contributed by atoms with Gasteiger partial charge in [-0.2, -0.15) is 0 Å². The maximum atomic E-state index is 10.9. The normalized spacial score (nSPS) is 19.1. The minimum atomic E-state index is 0.392. The Kier molecular flexibility index (Phi) is 3.83. The smallest absolute Gasteiger partial charge is 0.132 e. The predicted molar refractivity (Wildman–Crippen MR) is 46.6 cm³/mol. The summed E-state index contributed by atoms with van der Waals surface area (Å²) < 4.78 is 5.21. The van der Waals surface area contributed by atoms with Crippen LogP contribution in [0, 0.1) is 18.3 Å². The third-order valence-corrected chi connectivity index (χ3v) is 2.20. The zero-order valence-corrected chi connectivity index (χ0v) is 7.21. The maximum Gasteiger partial charge on any atom is 0.132 e. The van der Waals surface area contributed by atoms with Crippen LogP contribution in [-0.2, 0) is 9.53 Å². The molecule has 1 saturated carbocycles. The van der Waals surface area contributed by atoms with Crippen LogP contribution < -0.4 is 0 Å². The van der Waals surface area contributed by atoms with Gasteiger partial charge >= 0.3 is 0 Å². The summed E-state index contributed by atoms with van der Waals surface area (Å²) in [7, 11) is 0. The summed E-state index contributed by atoms with van der Waals surface area (Å²) in [5.41, 5.74) is 0. The number of carbonyl (C=O) groups excluding carboxylic acids is 1. The van der Waals surface area contributed by atoms with E-state index in [1.54, 1.807) is 0 Å². The number of hydrogen-bond donors (Lipinski definition) is 0. The molecular formula is C10H14O2. The fraction of sp³-hybridized carbons (Fsp3) is 0.700. The summed E-state index contributed by atoms with van der Waals surface area (Å²) in [6.07, 6.45) is 8.44. The van der Waals surface area contributed by atoms with Crippen LogP contribution in [0.2, 0.25) is 0 Å². The molecule has 0 aliphatic heterocycles. The van der Waals surface area contributed by atoms with Crippen LogP contribution in [0.25, 0.3) is 0 Å². The van der Waals surface area contributed by atoms with Crippen molar-refractivity contribution in [2.24, 2.45) is 5.92 Å². The van der Waals surface area contributed by atoms with Crippen LogP contribution >= 0.6 is 0 Å². The highest BCUT2D eigenvalue weighted by Crippen LogP contribution is 2.21. The summed E-state index contributed by atoms with van der Waals surface area (Å²) in [5.74, 6) is 3.37. The Hall–Kier alpha value is -0.810. The molecule has 0 radical (unpaired) electrons. The average molecular weight is 166 g/mol. The number of terminal acetylenes is 1. The van der Waals surface area contributed by atoms with Crippen LogP contribution in [0.3, 0.4) is 0 Å². The summed E-state index contributed by atoms with van der Waals surface area (Å²) >= 11 is 0. The second-order valence-corrected chi connectivity index (χ2v) is 3.20. The topological polar surface area (TPSA) is 26.3 Å². The first kappa shape index (κ1) is 9.28. The molecule has 0 saturated heterocycles. The van der Waals surface area contributed by atoms with E-state index in [2.05, 4.69) is 5.92 Å². The van der Waals surface area contributed by atoms with Gasteiger partial charge in [0.2, 0.25) is 0 Å². The molecule has 0 aromatic carbocycles. The molecule has 1 rings (SSSR count). The van der Waals surface area contributed by atoms with E-state index in [0.29, 0.717) is 18.3 Å². The van der Waals surface area contributed by atoms with E-state index in [-0.39, 0.29) is 0 Å². The molecule has 0 aromatic heterocycles. The third kappa shape index (κ3) is 3.06. The molecule has 0 aromatic rings. The quantitative estimate of drug-likeness (QED) is 0.468. The lowest BCUT2D eigenvalue weighted by molar-refractivity contribution is -0.121. The lowest BCUT2D eigenvalue weighted by Gasteiger charge is -2.19. The van der Waals surface area contributed by atoms with Gasteiger partial charge in [-0.15, -0.1) is 6.42 Å². The van der Waals surface area contributed by atoms with Crippen LogP contribution in [0.5, 0.6) is 0 Å². The van der Waals surface area contributed by atoms with Gasteiger partial charge in [0.25, 0.3) is 0 Å². The maximum absolute atomic E-state index is 10.9. The molecule has 0 bridgehead atoms. The highest BCUT2D eigenvalue weighted by Gasteiger charge is 2.18. The first-order valence-electron chi connectivity index (χ1n) is 4.36. The monoisotopic (exact) mass is 166 g/mol. The lowest BCUT2D eigenvalue weighted by atomic mass is 9.89. The SMILES string of the molecule is C#CCOCC1CCC(=O)CC1. The van der Waals surface area contributed by atoms with E-state index in [4.69, 9.17) is 11.2 Å². The average Bonchev–Trinajstić information content (AvgIpc) is 2.09. The van der Waals surface area contributed by atoms with Crippen molar-refractivity contribution < 1.29 is 9.53 Å². The van der Waals surface area contributed by atoms with E-state index in [0.717, 1.165) is 32.3 Å². The van der Waals surface area contributed by atoms with Crippen LogP contribution in [0.1, 0.15) is 25.7 Å². The van der Waals surface area contributed by atoms with Crippen molar-refractivity contribution in [3.05, 3.63) is 0 Å². The van der Waals surface area contributed by atoms with Crippen molar-refractivity contribution in [1.29, 1.82) is 0 Å². The van der Waals surface area contributed by atoms with Crippen molar-refractivity contribution in [1.82, 2.24) is 0 Å². The molecule has 1 aliphatic rings. The van der Waals surface area contributed by atoms with Crippen molar-refractivity contribution in [3.8, 4) is 12.3 Å². The number of ether oxygens (including phenoxy) is 1. The van der Waals surface area contributed by atoms with Gasteiger partial charge in [-0.25, -0.2) is 0 Å². The van der Waals surface area contributed by atoms with Crippen molar-refractivity contribution in [2.45, 2.75) is 25.7 Å². The van der Waals surface area contributed by atoms with E-state index in [1.807, 2.05) is 0 Å². The molecule has 0 spiro atoms. The van der Waals surface area contributed by atoms with E-state index in [9.17, 15) is 4.79 Å². The standard InChI is InChI=1S/C10H14O2/c1-2-7-12-8-9-3-5-10(11)6-4-9/h1,9H,3-8H2. The van der Waals surface area contributed by atoms with Gasteiger partial charge in [-0.1, -0.05) is 5.92 Å². The fourth-order valence-electron chi connectivity index (χ4n) is 1.45. The van der Waals surface area contributed by atoms with Crippen LogP contribution in [0.15, 0.2) is 0 Å². The summed E-state index contributed by atoms with van der Waals surface area (Å²) in [5, 5.41) is 0. The van der Waals surface area contributed by atoms with E-state index in [1.165, 1.54) is 0 Å². The summed E-state index contributed by atoms with van der Waals surface area (Å²) in [6, 6.07) is 0. The molecular weight excluding hydrogens is 152 g/mol. The van der Waals surface area contributed by atoms with Crippen LogP contribution in [0.4, 0.5) is 0 Å². The largest absolute Gasteiger partial charge is 0.369 e. The molecule has 0 heterocycles. The van der Waals surface area contributed by atoms with Crippen molar-refractivity contribution in [3.63, 3.8) is 0 Å². The van der Waals surface area contributed by atoms with Crippen molar-refractivity contribution in [2.75, 3.05) is 13.2 Å². The number of carbonyl (C=O) groups is 1. The molecule has 0 N–H and O–H groups in total. The zero-order valence-electron chi connectivity index (χ0n) is 7.21. The van der Waals surface area contributed by atoms with Crippen molar-refractivity contribution >= 4 is 5.78 Å². The van der Waals surface area contributed by atoms with Gasteiger partial charge in [-0.3, -0.25) is 4.79 Å². The zero-order chi connectivity index (χ0) is 8.81. The van der Waals surface area contributed by atoms with Gasteiger partial charge in [0, 0.05) is 12.8 Å². The minimum absolute atomic E-state index is 0.392. The molecule has 2 nitrogen and oxygen atoms in total. The molecule has 0 amide bonds. The number of ketones is 1. The van der Waals surface area contributed by atoms with Gasteiger partial charge in [0.15, 0.2) is 0 Å². The highest BCUT2D eigenvalue weighted by atomic mass is 16.5. The molecule has 1 aliphatic carbocycles. The lowest BCUT2D eigenvalue weighted by Crippen LogP contribution is -2.18. The Bertz CT molecular complexity index is 181. The number of rotatable bonds is 3. The highest BCUT2D eigenvalue weighted by molar-refractivity contribution is 5.78. The Balaban J connectivity index is 2.10. The molecule has 2 heteroatoms. The van der Waals surface area contributed by atoms with Gasteiger partial charge < -0.3 is 4.74 Å². The van der Waals surface area contributed by atoms with Crippen LogP contribution in [-0.4, -0.2) is 19.0 Å². The second kappa shape index (κ2) is 4.95. The van der Waals surface area contributed by atoms with Gasteiger partial charge in [-0.05, 0) is 18.8 Å².